The highest BCUT2D eigenvalue weighted by Crippen LogP contribution is 2.32. The summed E-state index contributed by atoms with van der Waals surface area (Å²) in [5.74, 6) is 0.703. The first kappa shape index (κ1) is 18.2. The van der Waals surface area contributed by atoms with Gasteiger partial charge in [-0.05, 0) is 17.7 Å². The van der Waals surface area contributed by atoms with Crippen molar-refractivity contribution < 1.29 is 22.7 Å². The van der Waals surface area contributed by atoms with Gasteiger partial charge in [0.05, 0.1) is 4.90 Å². The number of ether oxygens (including phenoxy) is 2. The third kappa shape index (κ3) is 4.74. The van der Waals surface area contributed by atoms with E-state index >= 15 is 0 Å². The van der Waals surface area contributed by atoms with E-state index in [2.05, 4.69) is 10.0 Å². The zero-order chi connectivity index (χ0) is 18.4. The molecule has 0 saturated heterocycles. The maximum absolute atomic E-state index is 12.3. The lowest BCUT2D eigenvalue weighted by Crippen LogP contribution is -2.30. The van der Waals surface area contributed by atoms with Crippen molar-refractivity contribution in [1.82, 2.24) is 10.0 Å². The predicted octanol–water partition coefficient (Wildman–Crippen LogP) is 1.44. The molecule has 2 aromatic carbocycles. The Kier molecular flexibility index (Phi) is 5.75. The zero-order valence-electron chi connectivity index (χ0n) is 14.1. The van der Waals surface area contributed by atoms with Gasteiger partial charge in [-0.3, -0.25) is 4.79 Å². The molecule has 0 aromatic heterocycles. The molecule has 3 rings (SSSR count). The number of hydrogen-bond acceptors (Lipinski definition) is 5. The Morgan fingerprint density at radius 3 is 2.50 bits per heavy atom. The molecule has 1 amide bonds. The molecule has 0 aliphatic carbocycles. The van der Waals surface area contributed by atoms with Crippen LogP contribution in [0.3, 0.4) is 0 Å². The van der Waals surface area contributed by atoms with E-state index in [0.29, 0.717) is 31.3 Å². The molecule has 0 radical (unpaired) electrons. The average molecular weight is 376 g/mol. The first-order valence-electron chi connectivity index (χ1n) is 8.24. The number of rotatable bonds is 7. The molecular weight excluding hydrogens is 356 g/mol. The first-order chi connectivity index (χ1) is 12.5. The highest BCUT2D eigenvalue weighted by atomic mass is 32.2. The lowest BCUT2D eigenvalue weighted by atomic mass is 10.2. The summed E-state index contributed by atoms with van der Waals surface area (Å²) in [6, 6.07) is 13.9. The van der Waals surface area contributed by atoms with Crippen LogP contribution in [0.25, 0.3) is 0 Å². The molecule has 1 heterocycles. The van der Waals surface area contributed by atoms with Crippen molar-refractivity contribution in [3.63, 3.8) is 0 Å². The van der Waals surface area contributed by atoms with E-state index in [1.54, 1.807) is 6.07 Å². The molecule has 0 fully saturated rings. The number of carbonyl (C=O) groups excluding carboxylic acids is 1. The van der Waals surface area contributed by atoms with Gasteiger partial charge in [0.25, 0.3) is 0 Å². The minimum Gasteiger partial charge on any atom is -0.486 e. The summed E-state index contributed by atoms with van der Waals surface area (Å²) < 4.78 is 37.9. The van der Waals surface area contributed by atoms with Crippen molar-refractivity contribution in [3.05, 3.63) is 54.1 Å². The molecule has 0 spiro atoms. The van der Waals surface area contributed by atoms with E-state index in [1.165, 1.54) is 12.1 Å². The number of nitrogens with one attached hydrogen (secondary N) is 2. The van der Waals surface area contributed by atoms with Gasteiger partial charge in [0.15, 0.2) is 11.5 Å². The van der Waals surface area contributed by atoms with Gasteiger partial charge in [-0.15, -0.1) is 0 Å². The topological polar surface area (TPSA) is 93.7 Å². The summed E-state index contributed by atoms with van der Waals surface area (Å²) in [5, 5.41) is 2.76. The van der Waals surface area contributed by atoms with E-state index in [9.17, 15) is 13.2 Å². The van der Waals surface area contributed by atoms with Crippen LogP contribution in [0, 0.1) is 0 Å². The van der Waals surface area contributed by atoms with Crippen LogP contribution >= 0.6 is 0 Å². The second kappa shape index (κ2) is 8.20. The van der Waals surface area contributed by atoms with Crippen molar-refractivity contribution in [1.29, 1.82) is 0 Å². The van der Waals surface area contributed by atoms with Gasteiger partial charge in [-0.25, -0.2) is 13.1 Å². The van der Waals surface area contributed by atoms with Gasteiger partial charge < -0.3 is 14.8 Å². The summed E-state index contributed by atoms with van der Waals surface area (Å²) in [6.07, 6.45) is 0.0522. The van der Waals surface area contributed by atoms with Gasteiger partial charge in [0, 0.05) is 25.6 Å². The molecule has 2 aromatic rings. The van der Waals surface area contributed by atoms with Crippen molar-refractivity contribution in [3.8, 4) is 11.5 Å². The highest BCUT2D eigenvalue weighted by molar-refractivity contribution is 7.89. The second-order valence-corrected chi connectivity index (χ2v) is 7.48. The Bertz CT molecular complexity index is 868. The molecule has 0 unspecified atom stereocenters. The third-order valence-corrected chi connectivity index (χ3v) is 5.26. The molecule has 1 aliphatic heterocycles. The third-order valence-electron chi connectivity index (χ3n) is 3.80. The quantitative estimate of drug-likeness (QED) is 0.763. The minimum atomic E-state index is -3.72. The summed E-state index contributed by atoms with van der Waals surface area (Å²) in [7, 11) is -3.72. The van der Waals surface area contributed by atoms with Gasteiger partial charge in [-0.1, -0.05) is 30.3 Å². The van der Waals surface area contributed by atoms with Crippen LogP contribution in [0.15, 0.2) is 53.4 Å². The largest absolute Gasteiger partial charge is 0.486 e. The van der Waals surface area contributed by atoms with E-state index in [1.807, 2.05) is 30.3 Å². The Labute approximate surface area is 152 Å². The number of benzene rings is 2. The van der Waals surface area contributed by atoms with Crippen LogP contribution in [0.2, 0.25) is 0 Å². The molecule has 138 valence electrons. The molecule has 0 bridgehead atoms. The van der Waals surface area contributed by atoms with Gasteiger partial charge in [0.2, 0.25) is 15.9 Å². The fourth-order valence-electron chi connectivity index (χ4n) is 2.46. The van der Waals surface area contributed by atoms with E-state index in [4.69, 9.17) is 9.47 Å². The lowest BCUT2D eigenvalue weighted by molar-refractivity contribution is -0.121. The van der Waals surface area contributed by atoms with Gasteiger partial charge in [-0.2, -0.15) is 0 Å². The molecule has 0 saturated carbocycles. The van der Waals surface area contributed by atoms with E-state index in [-0.39, 0.29) is 23.8 Å². The number of carbonyl (C=O) groups is 1. The van der Waals surface area contributed by atoms with Crippen molar-refractivity contribution in [2.24, 2.45) is 0 Å². The van der Waals surface area contributed by atoms with Crippen LogP contribution in [0.5, 0.6) is 11.5 Å². The minimum absolute atomic E-state index is 0.0113. The standard InChI is InChI=1S/C18H20N2O5S/c21-18(19-13-14-4-2-1-3-5-14)8-9-20-26(22,23)15-6-7-16-17(12-15)25-11-10-24-16/h1-7,12,20H,8-11,13H2,(H,19,21). The van der Waals surface area contributed by atoms with Crippen LogP contribution < -0.4 is 19.5 Å². The SMILES string of the molecule is O=C(CCNS(=O)(=O)c1ccc2c(c1)OCCO2)NCc1ccccc1. The molecule has 8 heteroatoms. The Hall–Kier alpha value is -2.58. The van der Waals surface area contributed by atoms with E-state index in [0.717, 1.165) is 5.56 Å². The fraction of sp³-hybridized carbons (Fsp3) is 0.278. The Morgan fingerprint density at radius 2 is 1.73 bits per heavy atom. The van der Waals surface area contributed by atoms with Gasteiger partial charge >= 0.3 is 0 Å². The molecule has 0 atom stereocenters. The fourth-order valence-corrected chi connectivity index (χ4v) is 3.50. The number of fused-ring (bicyclic) bond motifs is 1. The summed E-state index contributed by atoms with van der Waals surface area (Å²) in [4.78, 5) is 11.9. The molecule has 1 aliphatic rings. The van der Waals surface area contributed by atoms with Gasteiger partial charge in [0.1, 0.15) is 13.2 Å². The second-order valence-electron chi connectivity index (χ2n) is 5.72. The number of amides is 1. The van der Waals surface area contributed by atoms with Crippen LogP contribution in [-0.4, -0.2) is 34.1 Å². The Balaban J connectivity index is 1.49. The van der Waals surface area contributed by atoms with Crippen molar-refractivity contribution >= 4 is 15.9 Å². The predicted molar refractivity (Wildman–Crippen MR) is 95.5 cm³/mol. The molecular formula is C18H20N2O5S. The van der Waals surface area contributed by atoms with Crippen molar-refractivity contribution in [2.45, 2.75) is 17.9 Å². The highest BCUT2D eigenvalue weighted by Gasteiger charge is 2.19. The summed E-state index contributed by atoms with van der Waals surface area (Å²) in [5.41, 5.74) is 0.984. The molecule has 2 N–H and O–H groups in total. The molecule has 7 nitrogen and oxygen atoms in total. The normalized spacial score (nSPS) is 13.2. The van der Waals surface area contributed by atoms with Crippen LogP contribution in [-0.2, 0) is 21.4 Å². The lowest BCUT2D eigenvalue weighted by Gasteiger charge is -2.18. The van der Waals surface area contributed by atoms with Crippen molar-refractivity contribution in [2.75, 3.05) is 19.8 Å². The first-order valence-corrected chi connectivity index (χ1v) is 9.73. The van der Waals surface area contributed by atoms with Crippen LogP contribution in [0.4, 0.5) is 0 Å². The zero-order valence-corrected chi connectivity index (χ0v) is 14.9. The van der Waals surface area contributed by atoms with Crippen LogP contribution in [0.1, 0.15) is 12.0 Å². The number of hydrogen-bond donors (Lipinski definition) is 2. The summed E-state index contributed by atoms with van der Waals surface area (Å²) in [6.45, 7) is 1.24. The monoisotopic (exact) mass is 376 g/mol. The number of sulfonamides is 1. The molecule has 26 heavy (non-hydrogen) atoms. The average Bonchev–Trinajstić information content (AvgIpc) is 2.66. The maximum atomic E-state index is 12.3. The Morgan fingerprint density at radius 1 is 1.00 bits per heavy atom. The summed E-state index contributed by atoms with van der Waals surface area (Å²) >= 11 is 0. The smallest absolute Gasteiger partial charge is 0.240 e. The maximum Gasteiger partial charge on any atom is 0.240 e. The van der Waals surface area contributed by atoms with E-state index < -0.39 is 10.0 Å².